The van der Waals surface area contributed by atoms with Crippen LogP contribution >= 0.6 is 23.2 Å². The van der Waals surface area contributed by atoms with E-state index in [0.717, 1.165) is 29.2 Å². The van der Waals surface area contributed by atoms with Gasteiger partial charge in [0.25, 0.3) is 0 Å². The third-order valence-corrected chi connectivity index (χ3v) is 3.92. The lowest BCUT2D eigenvalue weighted by molar-refractivity contribution is 0.902. The first-order chi connectivity index (χ1) is 10.2. The smallest absolute Gasteiger partial charge is 0.181 e. The fourth-order valence-corrected chi connectivity index (χ4v) is 2.87. The molecule has 5 heteroatoms. The van der Waals surface area contributed by atoms with Gasteiger partial charge in [-0.05, 0) is 17.9 Å². The Kier molecular flexibility index (Phi) is 4.04. The maximum Gasteiger partial charge on any atom is 0.181 e. The molecule has 0 amide bonds. The first-order valence-electron chi connectivity index (χ1n) is 6.76. The van der Waals surface area contributed by atoms with E-state index in [0.29, 0.717) is 21.8 Å². The van der Waals surface area contributed by atoms with Gasteiger partial charge in [-0.2, -0.15) is 0 Å². The zero-order chi connectivity index (χ0) is 14.8. The van der Waals surface area contributed by atoms with Gasteiger partial charge in [-0.25, -0.2) is 9.97 Å². The number of aromatic nitrogens is 3. The Morgan fingerprint density at radius 2 is 1.71 bits per heavy atom. The maximum atomic E-state index is 6.25. The molecule has 0 N–H and O–H groups in total. The average Bonchev–Trinajstić information content (AvgIpc) is 2.50. The summed E-state index contributed by atoms with van der Waals surface area (Å²) in [6.07, 6.45) is 3.44. The van der Waals surface area contributed by atoms with E-state index in [2.05, 4.69) is 21.9 Å². The van der Waals surface area contributed by atoms with E-state index in [4.69, 9.17) is 23.2 Å². The average molecular weight is 318 g/mol. The summed E-state index contributed by atoms with van der Waals surface area (Å²) in [6, 6.07) is 9.91. The van der Waals surface area contributed by atoms with Crippen molar-refractivity contribution in [2.24, 2.45) is 0 Å². The summed E-state index contributed by atoms with van der Waals surface area (Å²) in [4.78, 5) is 13.2. The second-order valence-electron chi connectivity index (χ2n) is 4.74. The third kappa shape index (κ3) is 2.71. The molecule has 3 aromatic rings. The Morgan fingerprint density at radius 3 is 2.43 bits per heavy atom. The molecule has 0 fully saturated rings. The molecule has 21 heavy (non-hydrogen) atoms. The fraction of sp³-hybridized carbons (Fsp3) is 0.188. The van der Waals surface area contributed by atoms with Crippen molar-refractivity contribution in [2.75, 3.05) is 0 Å². The number of hydrogen-bond donors (Lipinski definition) is 0. The second-order valence-corrected chi connectivity index (χ2v) is 5.45. The largest absolute Gasteiger partial charge is 0.252 e. The van der Waals surface area contributed by atoms with Crippen molar-refractivity contribution in [1.82, 2.24) is 15.0 Å². The van der Waals surface area contributed by atoms with Gasteiger partial charge >= 0.3 is 0 Å². The zero-order valence-corrected chi connectivity index (χ0v) is 13.0. The number of rotatable bonds is 3. The molecule has 0 bridgehead atoms. The monoisotopic (exact) mass is 317 g/mol. The predicted molar refractivity (Wildman–Crippen MR) is 86.8 cm³/mol. The number of benzene rings is 1. The first kappa shape index (κ1) is 14.2. The van der Waals surface area contributed by atoms with Gasteiger partial charge in [-0.1, -0.05) is 60.8 Å². The molecule has 2 aromatic heterocycles. The van der Waals surface area contributed by atoms with E-state index in [1.54, 1.807) is 6.20 Å². The van der Waals surface area contributed by atoms with Crippen LogP contribution in [0.1, 0.15) is 18.9 Å². The number of halogens is 2. The molecular formula is C16H13Cl2N3. The highest BCUT2D eigenvalue weighted by molar-refractivity contribution is 6.34. The minimum Gasteiger partial charge on any atom is -0.252 e. The van der Waals surface area contributed by atoms with Crippen molar-refractivity contribution in [3.8, 4) is 11.5 Å². The molecule has 1 aromatic carbocycles. The molecule has 106 valence electrons. The topological polar surface area (TPSA) is 38.7 Å². The Hall–Kier alpha value is -1.71. The summed E-state index contributed by atoms with van der Waals surface area (Å²) in [5, 5.41) is 2.87. The van der Waals surface area contributed by atoms with Crippen LogP contribution in [-0.2, 0) is 6.42 Å². The molecule has 0 aliphatic heterocycles. The summed E-state index contributed by atoms with van der Waals surface area (Å²) in [5.41, 5.74) is 1.49. The van der Waals surface area contributed by atoms with Gasteiger partial charge in [0, 0.05) is 17.1 Å². The van der Waals surface area contributed by atoms with E-state index in [9.17, 15) is 0 Å². The number of pyridine rings is 1. The number of hydrogen-bond acceptors (Lipinski definition) is 3. The van der Waals surface area contributed by atoms with Crippen LogP contribution in [-0.4, -0.2) is 15.0 Å². The van der Waals surface area contributed by atoms with Crippen molar-refractivity contribution in [3.63, 3.8) is 0 Å². The molecule has 2 heterocycles. The van der Waals surface area contributed by atoms with Gasteiger partial charge in [0.05, 0.1) is 0 Å². The fourth-order valence-electron chi connectivity index (χ4n) is 2.29. The zero-order valence-electron chi connectivity index (χ0n) is 11.5. The molecule has 0 radical (unpaired) electrons. The van der Waals surface area contributed by atoms with Crippen molar-refractivity contribution < 1.29 is 0 Å². The number of nitrogens with zero attached hydrogens (tertiary/aromatic N) is 3. The highest BCUT2D eigenvalue weighted by Crippen LogP contribution is 2.29. The highest BCUT2D eigenvalue weighted by atomic mass is 35.5. The van der Waals surface area contributed by atoms with E-state index in [1.165, 1.54) is 0 Å². The van der Waals surface area contributed by atoms with Crippen LogP contribution in [0.15, 0.2) is 36.5 Å². The Morgan fingerprint density at radius 1 is 1.00 bits per heavy atom. The van der Waals surface area contributed by atoms with Gasteiger partial charge in [0.1, 0.15) is 16.0 Å². The summed E-state index contributed by atoms with van der Waals surface area (Å²) in [7, 11) is 0. The molecule has 0 aliphatic rings. The van der Waals surface area contributed by atoms with E-state index in [-0.39, 0.29) is 0 Å². The predicted octanol–water partition coefficient (Wildman–Crippen LogP) is 4.95. The minimum absolute atomic E-state index is 0.404. The molecule has 0 atom stereocenters. The van der Waals surface area contributed by atoms with Crippen molar-refractivity contribution in [1.29, 1.82) is 0 Å². The van der Waals surface area contributed by atoms with Gasteiger partial charge < -0.3 is 0 Å². The highest BCUT2D eigenvalue weighted by Gasteiger charge is 2.14. The minimum atomic E-state index is 0.404. The second kappa shape index (κ2) is 5.96. The van der Waals surface area contributed by atoms with Crippen molar-refractivity contribution in [3.05, 3.63) is 52.4 Å². The number of fused-ring (bicyclic) bond motifs is 1. The van der Waals surface area contributed by atoms with Crippen LogP contribution in [0, 0.1) is 0 Å². The SMILES string of the molecule is CCCc1c(Cl)nc(-c2nccc3ccccc23)nc1Cl. The van der Waals surface area contributed by atoms with E-state index >= 15 is 0 Å². The molecule has 0 aliphatic carbocycles. The van der Waals surface area contributed by atoms with Gasteiger partial charge in [-0.15, -0.1) is 0 Å². The molecular weight excluding hydrogens is 305 g/mol. The normalized spacial score (nSPS) is 11.0. The van der Waals surface area contributed by atoms with Gasteiger partial charge in [0.2, 0.25) is 0 Å². The quantitative estimate of drug-likeness (QED) is 0.641. The van der Waals surface area contributed by atoms with Gasteiger partial charge in [0.15, 0.2) is 5.82 Å². The molecule has 0 unspecified atom stereocenters. The molecule has 3 nitrogen and oxygen atoms in total. The van der Waals surface area contributed by atoms with Crippen LogP contribution < -0.4 is 0 Å². The molecule has 0 saturated heterocycles. The molecule has 0 spiro atoms. The lowest BCUT2D eigenvalue weighted by Gasteiger charge is -2.08. The van der Waals surface area contributed by atoms with Crippen LogP contribution in [0.25, 0.3) is 22.3 Å². The van der Waals surface area contributed by atoms with Gasteiger partial charge in [-0.3, -0.25) is 4.98 Å². The van der Waals surface area contributed by atoms with E-state index in [1.807, 2.05) is 30.3 Å². The summed E-state index contributed by atoms with van der Waals surface area (Å²) in [5.74, 6) is 0.460. The lowest BCUT2D eigenvalue weighted by atomic mass is 10.1. The molecule has 3 rings (SSSR count). The Labute approximate surface area is 133 Å². The molecule has 0 saturated carbocycles. The van der Waals surface area contributed by atoms with Crippen LogP contribution in [0.5, 0.6) is 0 Å². The lowest BCUT2D eigenvalue weighted by Crippen LogP contribution is -1.99. The Bertz CT molecular complexity index is 774. The Balaban J connectivity index is 2.20. The summed E-state index contributed by atoms with van der Waals surface area (Å²) >= 11 is 12.5. The standard InChI is InChI=1S/C16H13Cl2N3/c1-2-5-12-14(17)20-16(21-15(12)18)13-11-7-4-3-6-10(11)8-9-19-13/h3-4,6-9H,2,5H2,1H3. The summed E-state index contributed by atoms with van der Waals surface area (Å²) in [6.45, 7) is 2.06. The summed E-state index contributed by atoms with van der Waals surface area (Å²) < 4.78 is 0. The maximum absolute atomic E-state index is 6.25. The first-order valence-corrected chi connectivity index (χ1v) is 7.52. The van der Waals surface area contributed by atoms with Crippen LogP contribution in [0.3, 0.4) is 0 Å². The van der Waals surface area contributed by atoms with Crippen LogP contribution in [0.4, 0.5) is 0 Å². The third-order valence-electron chi connectivity index (χ3n) is 3.29. The van der Waals surface area contributed by atoms with Crippen molar-refractivity contribution in [2.45, 2.75) is 19.8 Å². The van der Waals surface area contributed by atoms with Crippen molar-refractivity contribution >= 4 is 34.0 Å². The van der Waals surface area contributed by atoms with Crippen LogP contribution in [0.2, 0.25) is 10.3 Å². The van der Waals surface area contributed by atoms with E-state index < -0.39 is 0 Å².